The monoisotopic (exact) mass is 360 g/mol. The van der Waals surface area contributed by atoms with Crippen molar-refractivity contribution < 1.29 is 24.2 Å². The molecule has 5 nitrogen and oxygen atoms in total. The molecule has 5 rings (SSSR count). The Labute approximate surface area is 154 Å². The molecule has 142 valence electrons. The molecular weight excluding hydrogens is 332 g/mol. The number of esters is 2. The molecule has 4 bridgehead atoms. The second kappa shape index (κ2) is 4.54. The van der Waals surface area contributed by atoms with Gasteiger partial charge in [-0.2, -0.15) is 0 Å². The summed E-state index contributed by atoms with van der Waals surface area (Å²) in [6, 6.07) is 0. The third-order valence-electron chi connectivity index (χ3n) is 9.19. The number of fused-ring (bicyclic) bond motifs is 1. The molecule has 1 heterocycles. The predicted molar refractivity (Wildman–Crippen MR) is 92.8 cm³/mol. The van der Waals surface area contributed by atoms with Crippen molar-refractivity contribution in [1.82, 2.24) is 0 Å². The zero-order valence-electron chi connectivity index (χ0n) is 15.8. The highest BCUT2D eigenvalue weighted by atomic mass is 16.6. The van der Waals surface area contributed by atoms with Crippen LogP contribution in [0.2, 0.25) is 0 Å². The van der Waals surface area contributed by atoms with E-state index in [1.165, 1.54) is 12.7 Å². The molecule has 5 aliphatic rings. The number of methoxy groups -OCH3 is 1. The Morgan fingerprint density at radius 3 is 2.73 bits per heavy atom. The molecule has 26 heavy (non-hydrogen) atoms. The summed E-state index contributed by atoms with van der Waals surface area (Å²) in [5.74, 6) is -1.16. The fourth-order valence-corrected chi connectivity index (χ4v) is 8.07. The van der Waals surface area contributed by atoms with Crippen LogP contribution in [0.15, 0.2) is 12.2 Å². The Balaban J connectivity index is 1.75. The minimum Gasteiger partial charge on any atom is -0.469 e. The van der Waals surface area contributed by atoms with Crippen LogP contribution in [0.1, 0.15) is 52.4 Å². The first kappa shape index (κ1) is 16.8. The number of carbonyl (C=O) groups is 2. The van der Waals surface area contributed by atoms with Gasteiger partial charge in [-0.15, -0.1) is 0 Å². The number of hydrogen-bond acceptors (Lipinski definition) is 5. The zero-order valence-corrected chi connectivity index (χ0v) is 15.8. The van der Waals surface area contributed by atoms with Crippen molar-refractivity contribution in [2.45, 2.75) is 64.1 Å². The van der Waals surface area contributed by atoms with Crippen LogP contribution in [0.25, 0.3) is 0 Å². The average molecular weight is 360 g/mol. The zero-order chi connectivity index (χ0) is 18.7. The predicted octanol–water partition coefficient (Wildman–Crippen LogP) is 2.61. The molecule has 5 heteroatoms. The van der Waals surface area contributed by atoms with Crippen LogP contribution in [-0.2, 0) is 19.1 Å². The maximum Gasteiger partial charge on any atom is 0.315 e. The Morgan fingerprint density at radius 2 is 2.04 bits per heavy atom. The Morgan fingerprint density at radius 1 is 1.31 bits per heavy atom. The molecule has 0 unspecified atom stereocenters. The fourth-order valence-electron chi connectivity index (χ4n) is 8.07. The van der Waals surface area contributed by atoms with Crippen LogP contribution in [0.4, 0.5) is 0 Å². The number of aliphatic hydroxyl groups excluding tert-OH is 1. The number of ether oxygens (including phenoxy) is 2. The first-order valence-corrected chi connectivity index (χ1v) is 9.83. The fraction of sp³-hybridized carbons (Fsp3) is 0.810. The molecule has 5 fully saturated rings. The van der Waals surface area contributed by atoms with Gasteiger partial charge in [0.2, 0.25) is 0 Å². The van der Waals surface area contributed by atoms with Crippen LogP contribution in [0, 0.1) is 34.0 Å². The first-order valence-electron chi connectivity index (χ1n) is 9.83. The van der Waals surface area contributed by atoms with E-state index in [0.717, 1.165) is 25.7 Å². The third-order valence-corrected chi connectivity index (χ3v) is 9.19. The van der Waals surface area contributed by atoms with Gasteiger partial charge in [0.05, 0.1) is 24.5 Å². The SMILES string of the molecule is C=C1C[C@]23C[C@@]1(C)CC[C@H]2[C@@]12CC[C@H](O)[C@@](C)(C(=O)O1)[C@H]2[C@@H]3C(=O)OC. The lowest BCUT2D eigenvalue weighted by Crippen LogP contribution is -2.53. The van der Waals surface area contributed by atoms with E-state index in [9.17, 15) is 14.7 Å². The van der Waals surface area contributed by atoms with Crippen molar-refractivity contribution in [3.05, 3.63) is 12.2 Å². The molecule has 1 N–H and O–H groups in total. The van der Waals surface area contributed by atoms with Gasteiger partial charge >= 0.3 is 11.9 Å². The second-order valence-electron chi connectivity index (χ2n) is 10.0. The molecule has 0 aromatic heterocycles. The number of aliphatic hydroxyl groups is 1. The number of allylic oxidation sites excluding steroid dienone is 1. The van der Waals surface area contributed by atoms with Gasteiger partial charge in [0.15, 0.2) is 0 Å². The molecule has 0 radical (unpaired) electrons. The van der Waals surface area contributed by atoms with E-state index >= 15 is 0 Å². The minimum atomic E-state index is -1.02. The lowest BCUT2D eigenvalue weighted by molar-refractivity contribution is -0.164. The minimum absolute atomic E-state index is 0.0513. The molecule has 0 amide bonds. The lowest BCUT2D eigenvalue weighted by Gasteiger charge is -2.46. The molecule has 0 aromatic rings. The van der Waals surface area contributed by atoms with E-state index in [0.29, 0.717) is 12.8 Å². The summed E-state index contributed by atoms with van der Waals surface area (Å²) >= 11 is 0. The first-order chi connectivity index (χ1) is 12.2. The summed E-state index contributed by atoms with van der Waals surface area (Å²) in [7, 11) is 1.43. The quantitative estimate of drug-likeness (QED) is 0.575. The number of carbonyl (C=O) groups excluding carboxylic acids is 2. The van der Waals surface area contributed by atoms with Crippen molar-refractivity contribution in [2.24, 2.45) is 34.0 Å². The Kier molecular flexibility index (Phi) is 2.93. The summed E-state index contributed by atoms with van der Waals surface area (Å²) in [5, 5.41) is 10.8. The second-order valence-corrected chi connectivity index (χ2v) is 10.0. The summed E-state index contributed by atoms with van der Waals surface area (Å²) in [6.07, 6.45) is 4.11. The average Bonchev–Trinajstić information content (AvgIpc) is 3.02. The normalized spacial score (nSPS) is 56.8. The molecule has 1 spiro atoms. The van der Waals surface area contributed by atoms with Gasteiger partial charge in [-0.3, -0.25) is 9.59 Å². The molecule has 1 saturated heterocycles. The van der Waals surface area contributed by atoms with Gasteiger partial charge < -0.3 is 14.6 Å². The van der Waals surface area contributed by atoms with Gasteiger partial charge in [-0.25, -0.2) is 0 Å². The van der Waals surface area contributed by atoms with E-state index in [1.807, 2.05) is 0 Å². The Bertz CT molecular complexity index is 745. The molecule has 4 aliphatic carbocycles. The molecule has 8 atom stereocenters. The van der Waals surface area contributed by atoms with E-state index < -0.39 is 23.0 Å². The topological polar surface area (TPSA) is 72.8 Å². The summed E-state index contributed by atoms with van der Waals surface area (Å²) in [6.45, 7) is 8.42. The van der Waals surface area contributed by atoms with Crippen LogP contribution in [0.5, 0.6) is 0 Å². The molecule has 0 aromatic carbocycles. The van der Waals surface area contributed by atoms with E-state index in [1.54, 1.807) is 6.92 Å². The number of rotatable bonds is 1. The van der Waals surface area contributed by atoms with Crippen molar-refractivity contribution >= 4 is 11.9 Å². The van der Waals surface area contributed by atoms with Gasteiger partial charge in [0.1, 0.15) is 5.60 Å². The van der Waals surface area contributed by atoms with E-state index in [2.05, 4.69) is 13.5 Å². The van der Waals surface area contributed by atoms with Gasteiger partial charge in [0, 0.05) is 11.8 Å². The molecular formula is C21H28O5. The summed E-state index contributed by atoms with van der Waals surface area (Å²) in [4.78, 5) is 26.0. The highest BCUT2D eigenvalue weighted by Gasteiger charge is 2.84. The Hall–Kier alpha value is -1.36. The van der Waals surface area contributed by atoms with Crippen molar-refractivity contribution in [2.75, 3.05) is 7.11 Å². The number of hydrogen-bond donors (Lipinski definition) is 1. The highest BCUT2D eigenvalue weighted by molar-refractivity contribution is 5.85. The van der Waals surface area contributed by atoms with Crippen molar-refractivity contribution in [3.8, 4) is 0 Å². The van der Waals surface area contributed by atoms with Gasteiger partial charge in [-0.05, 0) is 56.3 Å². The summed E-state index contributed by atoms with van der Waals surface area (Å²) in [5.41, 5.74) is -0.639. The van der Waals surface area contributed by atoms with Crippen molar-refractivity contribution in [3.63, 3.8) is 0 Å². The van der Waals surface area contributed by atoms with E-state index in [-0.39, 0.29) is 34.6 Å². The van der Waals surface area contributed by atoms with Crippen LogP contribution in [0.3, 0.4) is 0 Å². The largest absolute Gasteiger partial charge is 0.469 e. The summed E-state index contributed by atoms with van der Waals surface area (Å²) < 4.78 is 11.4. The smallest absolute Gasteiger partial charge is 0.315 e. The maximum atomic E-state index is 13.1. The maximum absolute atomic E-state index is 13.1. The standard InChI is InChI=1S/C21H28O5/c1-11-9-20-10-18(11,2)7-5-12(20)21-8-6-13(22)19(3,17(24)26-21)15(21)14(20)16(23)25-4/h12-15,22H,1,5-10H2,2-4H3/t12-,13+,14-,15-,18-,19-,20+,21-/m1/s1. The lowest BCUT2D eigenvalue weighted by atomic mass is 9.59. The van der Waals surface area contributed by atoms with Gasteiger partial charge in [-0.1, -0.05) is 19.1 Å². The van der Waals surface area contributed by atoms with Crippen LogP contribution in [-0.4, -0.2) is 35.9 Å². The molecule has 1 aliphatic heterocycles. The molecule has 4 saturated carbocycles. The van der Waals surface area contributed by atoms with Crippen LogP contribution >= 0.6 is 0 Å². The highest BCUT2D eigenvalue weighted by Crippen LogP contribution is 2.79. The van der Waals surface area contributed by atoms with Gasteiger partial charge in [0.25, 0.3) is 0 Å². The van der Waals surface area contributed by atoms with Crippen molar-refractivity contribution in [1.29, 1.82) is 0 Å². The van der Waals surface area contributed by atoms with E-state index in [4.69, 9.17) is 9.47 Å². The van der Waals surface area contributed by atoms with Crippen LogP contribution < -0.4 is 0 Å². The third kappa shape index (κ3) is 1.48.